The number of likely N-dealkylation sites (tertiary alicyclic amines) is 1. The molecule has 9 heteroatoms. The molecule has 2 aliphatic heterocycles. The third-order valence-corrected chi connectivity index (χ3v) is 9.89. The van der Waals surface area contributed by atoms with Gasteiger partial charge in [-0.15, -0.1) is 0 Å². The fraction of sp³-hybridized carbons (Fsp3) is 0.500. The summed E-state index contributed by atoms with van der Waals surface area (Å²) in [6.45, 7) is 0.910. The first-order chi connectivity index (χ1) is 16.8. The fourth-order valence-corrected chi connectivity index (χ4v) is 7.27. The van der Waals surface area contributed by atoms with Crippen LogP contribution in [-0.4, -0.2) is 55.8 Å². The Labute approximate surface area is 203 Å². The van der Waals surface area contributed by atoms with Crippen LogP contribution >= 0.6 is 0 Å². The van der Waals surface area contributed by atoms with Crippen molar-refractivity contribution in [2.45, 2.75) is 62.0 Å². The molecule has 0 bridgehead atoms. The van der Waals surface area contributed by atoms with Gasteiger partial charge in [0, 0.05) is 30.0 Å². The zero-order chi connectivity index (χ0) is 24.4. The summed E-state index contributed by atoms with van der Waals surface area (Å²) in [4.78, 5) is 15.0. The minimum atomic E-state index is -3.54. The predicted molar refractivity (Wildman–Crippen MR) is 126 cm³/mol. The van der Waals surface area contributed by atoms with Gasteiger partial charge in [-0.25, -0.2) is 21.9 Å². The third kappa shape index (κ3) is 4.17. The lowest BCUT2D eigenvalue weighted by Crippen LogP contribution is -2.53. The van der Waals surface area contributed by atoms with Crippen molar-refractivity contribution >= 4 is 15.9 Å². The number of hydrogen-bond donors (Lipinski definition) is 1. The predicted octanol–water partition coefficient (Wildman–Crippen LogP) is 3.40. The standard InChI is InChI=1S/C26H28F2N2O4S/c27-18-12-17(23(28)20(14-18)16-4-2-1-3-5-16)13-21-24(29-35(32,33)19-6-7-19)26(9-10-26)15-30(21)25(31)22-8-11-34-22/h1-5,12,14,19,21-22,24,29H,6-11,13,15H2/t21-,22?,24+/m0/s1. The number of nitrogens with one attached hydrogen (secondary N) is 1. The van der Waals surface area contributed by atoms with Gasteiger partial charge in [-0.1, -0.05) is 30.3 Å². The first kappa shape index (κ1) is 23.1. The first-order valence-corrected chi connectivity index (χ1v) is 13.8. The van der Waals surface area contributed by atoms with Crippen molar-refractivity contribution in [3.05, 3.63) is 59.7 Å². The van der Waals surface area contributed by atoms with Gasteiger partial charge in [0.1, 0.15) is 17.7 Å². The van der Waals surface area contributed by atoms with Crippen molar-refractivity contribution in [1.29, 1.82) is 0 Å². The van der Waals surface area contributed by atoms with E-state index in [2.05, 4.69) is 4.72 Å². The molecule has 2 heterocycles. The molecule has 3 atom stereocenters. The van der Waals surface area contributed by atoms with Crippen LogP contribution in [0, 0.1) is 17.0 Å². The van der Waals surface area contributed by atoms with E-state index in [1.165, 1.54) is 6.07 Å². The quantitative estimate of drug-likeness (QED) is 0.630. The lowest BCUT2D eigenvalue weighted by Gasteiger charge is -2.34. The number of carbonyl (C=O) groups is 1. The molecule has 6 rings (SSSR count). The summed E-state index contributed by atoms with van der Waals surface area (Å²) in [5.41, 5.74) is 0.472. The molecule has 2 aromatic carbocycles. The molecule has 35 heavy (non-hydrogen) atoms. The van der Waals surface area contributed by atoms with Crippen LogP contribution in [0.3, 0.4) is 0 Å². The number of sulfonamides is 1. The van der Waals surface area contributed by atoms with Crippen molar-refractivity contribution in [1.82, 2.24) is 9.62 Å². The average molecular weight is 503 g/mol. The van der Waals surface area contributed by atoms with Gasteiger partial charge in [0.15, 0.2) is 0 Å². The van der Waals surface area contributed by atoms with Crippen molar-refractivity contribution in [2.24, 2.45) is 5.41 Å². The maximum Gasteiger partial charge on any atom is 0.252 e. The second-order valence-corrected chi connectivity index (χ2v) is 12.4. The molecule has 0 radical (unpaired) electrons. The summed E-state index contributed by atoms with van der Waals surface area (Å²) in [7, 11) is -3.54. The van der Waals surface area contributed by atoms with E-state index in [0.29, 0.717) is 38.0 Å². The Morgan fingerprint density at radius 1 is 1.11 bits per heavy atom. The number of nitrogens with zero attached hydrogens (tertiary/aromatic N) is 1. The first-order valence-electron chi connectivity index (χ1n) is 12.2. The molecule has 1 amide bonds. The van der Waals surface area contributed by atoms with Gasteiger partial charge in [0.25, 0.3) is 5.91 Å². The molecule has 186 valence electrons. The minimum Gasteiger partial charge on any atom is -0.368 e. The fourth-order valence-electron chi connectivity index (χ4n) is 5.56. The number of hydrogen-bond acceptors (Lipinski definition) is 4. The van der Waals surface area contributed by atoms with E-state index >= 15 is 4.39 Å². The van der Waals surface area contributed by atoms with E-state index in [1.54, 1.807) is 35.2 Å². The summed E-state index contributed by atoms with van der Waals surface area (Å²) in [6.07, 6.45) is 2.90. The third-order valence-electron chi connectivity index (χ3n) is 7.96. The number of halogens is 2. The molecule has 1 spiro atoms. The number of carbonyl (C=O) groups excluding carboxylic acids is 1. The summed E-state index contributed by atoms with van der Waals surface area (Å²) in [5.74, 6) is -1.32. The molecule has 1 unspecified atom stereocenters. The monoisotopic (exact) mass is 502 g/mol. The maximum absolute atomic E-state index is 15.7. The zero-order valence-electron chi connectivity index (χ0n) is 19.3. The van der Waals surface area contributed by atoms with Crippen LogP contribution in [0.5, 0.6) is 0 Å². The Balaban J connectivity index is 1.38. The maximum atomic E-state index is 15.7. The second-order valence-electron chi connectivity index (χ2n) is 10.4. The van der Waals surface area contributed by atoms with E-state index < -0.39 is 45.1 Å². The molecule has 2 aromatic rings. The van der Waals surface area contributed by atoms with E-state index in [1.807, 2.05) is 0 Å². The highest BCUT2D eigenvalue weighted by atomic mass is 32.2. The summed E-state index contributed by atoms with van der Waals surface area (Å²) >= 11 is 0. The van der Waals surface area contributed by atoms with Crippen molar-refractivity contribution in [2.75, 3.05) is 13.2 Å². The SMILES string of the molecule is O=C(C1CCO1)N1CC2(CC2)[C@H](NS(=O)(=O)C2CC2)[C@@H]1Cc1cc(F)cc(-c2ccccc2)c1F. The highest BCUT2D eigenvalue weighted by molar-refractivity contribution is 7.90. The van der Waals surface area contributed by atoms with Crippen molar-refractivity contribution < 1.29 is 26.7 Å². The Morgan fingerprint density at radius 2 is 1.83 bits per heavy atom. The molecule has 2 saturated heterocycles. The van der Waals surface area contributed by atoms with Crippen LogP contribution in [0.15, 0.2) is 42.5 Å². The Hall–Kier alpha value is -2.36. The summed E-state index contributed by atoms with van der Waals surface area (Å²) < 4.78 is 64.6. The number of rotatable bonds is 7. The summed E-state index contributed by atoms with van der Waals surface area (Å²) in [5, 5.41) is -0.408. The van der Waals surface area contributed by atoms with Crippen LogP contribution in [0.4, 0.5) is 8.78 Å². The number of benzene rings is 2. The minimum absolute atomic E-state index is 0.0154. The average Bonchev–Trinajstić information content (AvgIpc) is 3.70. The normalized spacial score (nSPS) is 27.1. The van der Waals surface area contributed by atoms with Crippen molar-refractivity contribution in [3.8, 4) is 11.1 Å². The molecule has 4 aliphatic rings. The van der Waals surface area contributed by atoms with Gasteiger partial charge in [0.05, 0.1) is 17.9 Å². The van der Waals surface area contributed by atoms with E-state index in [0.717, 1.165) is 18.9 Å². The van der Waals surface area contributed by atoms with Gasteiger partial charge in [0.2, 0.25) is 10.0 Å². The smallest absolute Gasteiger partial charge is 0.252 e. The van der Waals surface area contributed by atoms with Gasteiger partial charge < -0.3 is 9.64 Å². The van der Waals surface area contributed by atoms with E-state index in [4.69, 9.17) is 4.74 Å². The number of amides is 1. The Kier molecular flexibility index (Phi) is 5.50. The molecular formula is C26H28F2N2O4S. The highest BCUT2D eigenvalue weighted by Gasteiger charge is 2.62. The van der Waals surface area contributed by atoms with Crippen molar-refractivity contribution in [3.63, 3.8) is 0 Å². The van der Waals surface area contributed by atoms with Crippen LogP contribution < -0.4 is 4.72 Å². The highest BCUT2D eigenvalue weighted by Crippen LogP contribution is 2.56. The van der Waals surface area contributed by atoms with Crippen LogP contribution in [0.1, 0.15) is 37.7 Å². The largest absolute Gasteiger partial charge is 0.368 e. The summed E-state index contributed by atoms with van der Waals surface area (Å²) in [6, 6.07) is 9.92. The lowest BCUT2D eigenvalue weighted by atomic mass is 9.91. The molecule has 2 aliphatic carbocycles. The van der Waals surface area contributed by atoms with Gasteiger partial charge in [-0.05, 0) is 55.4 Å². The van der Waals surface area contributed by atoms with E-state index in [9.17, 15) is 17.6 Å². The van der Waals surface area contributed by atoms with Gasteiger partial charge >= 0.3 is 0 Å². The molecular weight excluding hydrogens is 474 g/mol. The molecule has 6 nitrogen and oxygen atoms in total. The number of ether oxygens (including phenoxy) is 1. The van der Waals surface area contributed by atoms with Crippen LogP contribution in [0.2, 0.25) is 0 Å². The van der Waals surface area contributed by atoms with Gasteiger partial charge in [-0.2, -0.15) is 0 Å². The molecule has 4 fully saturated rings. The Morgan fingerprint density at radius 3 is 2.43 bits per heavy atom. The second kappa shape index (κ2) is 8.35. The van der Waals surface area contributed by atoms with Crippen LogP contribution in [-0.2, 0) is 26.0 Å². The van der Waals surface area contributed by atoms with E-state index in [-0.39, 0.29) is 28.9 Å². The topological polar surface area (TPSA) is 75.7 Å². The van der Waals surface area contributed by atoms with Gasteiger partial charge in [-0.3, -0.25) is 4.79 Å². The molecule has 2 saturated carbocycles. The lowest BCUT2D eigenvalue weighted by molar-refractivity contribution is -0.157. The molecule has 1 N–H and O–H groups in total. The Bertz CT molecular complexity index is 1260. The zero-order valence-corrected chi connectivity index (χ0v) is 20.1. The molecule has 0 aromatic heterocycles. The van der Waals surface area contributed by atoms with Crippen LogP contribution in [0.25, 0.3) is 11.1 Å².